The minimum absolute atomic E-state index is 0.0820. The van der Waals surface area contributed by atoms with Crippen molar-refractivity contribution in [2.75, 3.05) is 20.9 Å². The van der Waals surface area contributed by atoms with Gasteiger partial charge in [0.05, 0.1) is 18.4 Å². The summed E-state index contributed by atoms with van der Waals surface area (Å²) in [4.78, 5) is 19.3. The summed E-state index contributed by atoms with van der Waals surface area (Å²) in [5.74, 6) is 1.30. The van der Waals surface area contributed by atoms with E-state index < -0.39 is 6.04 Å². The van der Waals surface area contributed by atoms with Crippen LogP contribution in [0.25, 0.3) is 5.65 Å². The number of hydrogen-bond donors (Lipinski definition) is 1. The van der Waals surface area contributed by atoms with E-state index in [0.717, 1.165) is 22.5 Å². The predicted molar refractivity (Wildman–Crippen MR) is 101 cm³/mol. The third-order valence-electron chi connectivity index (χ3n) is 4.73. The average molecular weight is 366 g/mol. The number of aryl methyl sites for hydroxylation is 1. The number of aromatic nitrogens is 2. The number of likely N-dealkylation sites (N-methyl/N-ethyl adjacent to an activating group) is 1. The van der Waals surface area contributed by atoms with Crippen molar-refractivity contribution in [2.45, 2.75) is 19.5 Å². The number of nitrogens with one attached hydrogen (secondary N) is 1. The first-order valence-electron chi connectivity index (χ1n) is 8.80. The zero-order valence-electron chi connectivity index (χ0n) is 15.6. The highest BCUT2D eigenvalue weighted by Gasteiger charge is 2.25. The van der Waals surface area contributed by atoms with Gasteiger partial charge in [-0.05, 0) is 50.3 Å². The normalized spacial score (nSPS) is 13.9. The summed E-state index contributed by atoms with van der Waals surface area (Å²) in [6.07, 6.45) is 3.76. The standard InChI is InChI=1S/C20H22N4O3/c1-13-5-4-8-24-15(10-21-19(13)24)11-22-20(25)18(23(2)3)14-6-7-16-17(9-14)27-12-26-16/h4-10,18H,11-12H2,1-3H3,(H,22,25). The molecule has 0 bridgehead atoms. The van der Waals surface area contributed by atoms with Crippen molar-refractivity contribution in [3.8, 4) is 11.5 Å². The molecule has 0 saturated carbocycles. The van der Waals surface area contributed by atoms with Gasteiger partial charge in [0.2, 0.25) is 12.7 Å². The highest BCUT2D eigenvalue weighted by Crippen LogP contribution is 2.35. The van der Waals surface area contributed by atoms with Crippen LogP contribution in [-0.2, 0) is 11.3 Å². The van der Waals surface area contributed by atoms with Crippen molar-refractivity contribution in [3.63, 3.8) is 0 Å². The van der Waals surface area contributed by atoms with Gasteiger partial charge < -0.3 is 19.2 Å². The largest absolute Gasteiger partial charge is 0.454 e. The first-order valence-corrected chi connectivity index (χ1v) is 8.80. The van der Waals surface area contributed by atoms with Gasteiger partial charge in [0.1, 0.15) is 11.7 Å². The summed E-state index contributed by atoms with van der Waals surface area (Å²) in [5, 5.41) is 3.03. The Morgan fingerprint density at radius 2 is 2.11 bits per heavy atom. The Balaban J connectivity index is 1.53. The molecule has 1 aliphatic rings. The van der Waals surface area contributed by atoms with Crippen LogP contribution in [0.15, 0.2) is 42.7 Å². The Morgan fingerprint density at radius 3 is 2.93 bits per heavy atom. The van der Waals surface area contributed by atoms with Gasteiger partial charge in [-0.1, -0.05) is 12.1 Å². The van der Waals surface area contributed by atoms with Gasteiger partial charge in [0.15, 0.2) is 11.5 Å². The Labute approximate surface area is 157 Å². The van der Waals surface area contributed by atoms with Crippen molar-refractivity contribution in [1.82, 2.24) is 19.6 Å². The summed E-state index contributed by atoms with van der Waals surface area (Å²) in [5.41, 5.74) is 3.80. The van der Waals surface area contributed by atoms with Crippen molar-refractivity contribution >= 4 is 11.6 Å². The maximum Gasteiger partial charge on any atom is 0.242 e. The van der Waals surface area contributed by atoms with E-state index in [2.05, 4.69) is 10.3 Å². The smallest absolute Gasteiger partial charge is 0.242 e. The fourth-order valence-electron chi connectivity index (χ4n) is 3.37. The summed E-state index contributed by atoms with van der Waals surface area (Å²) in [7, 11) is 3.76. The van der Waals surface area contributed by atoms with E-state index in [1.165, 1.54) is 0 Å². The van der Waals surface area contributed by atoms with Gasteiger partial charge in [-0.15, -0.1) is 0 Å². The third-order valence-corrected chi connectivity index (χ3v) is 4.73. The topological polar surface area (TPSA) is 68.1 Å². The summed E-state index contributed by atoms with van der Waals surface area (Å²) < 4.78 is 12.8. The molecule has 7 nitrogen and oxygen atoms in total. The second-order valence-corrected chi connectivity index (χ2v) is 6.83. The average Bonchev–Trinajstić information content (AvgIpc) is 3.26. The molecule has 140 valence electrons. The summed E-state index contributed by atoms with van der Waals surface area (Å²) >= 11 is 0. The molecule has 0 spiro atoms. The molecule has 0 saturated heterocycles. The molecule has 1 unspecified atom stereocenters. The highest BCUT2D eigenvalue weighted by atomic mass is 16.7. The quantitative estimate of drug-likeness (QED) is 0.750. The minimum atomic E-state index is -0.430. The minimum Gasteiger partial charge on any atom is -0.454 e. The number of benzene rings is 1. The van der Waals surface area contributed by atoms with Crippen LogP contribution < -0.4 is 14.8 Å². The van der Waals surface area contributed by atoms with Crippen molar-refractivity contribution in [2.24, 2.45) is 0 Å². The maximum atomic E-state index is 12.9. The molecule has 2 aromatic heterocycles. The Kier molecular flexibility index (Phi) is 4.45. The van der Waals surface area contributed by atoms with Crippen LogP contribution >= 0.6 is 0 Å². The Bertz CT molecular complexity index is 996. The first kappa shape index (κ1) is 17.4. The lowest BCUT2D eigenvalue weighted by molar-refractivity contribution is -0.126. The second-order valence-electron chi connectivity index (χ2n) is 6.83. The van der Waals surface area contributed by atoms with E-state index in [1.807, 2.05) is 66.8 Å². The molecule has 3 aromatic rings. The van der Waals surface area contributed by atoms with Gasteiger partial charge in [-0.25, -0.2) is 4.98 Å². The number of nitrogens with zero attached hydrogens (tertiary/aromatic N) is 3. The highest BCUT2D eigenvalue weighted by molar-refractivity contribution is 5.83. The SMILES string of the molecule is Cc1cccn2c(CNC(=O)C(c3ccc4c(c3)OCO4)N(C)C)cnc12. The Hall–Kier alpha value is -3.06. The van der Waals surface area contributed by atoms with Crippen LogP contribution in [0.1, 0.15) is 22.9 Å². The summed E-state index contributed by atoms with van der Waals surface area (Å²) in [6, 6.07) is 9.17. The number of rotatable bonds is 5. The lowest BCUT2D eigenvalue weighted by Crippen LogP contribution is -2.36. The number of fused-ring (bicyclic) bond motifs is 2. The molecule has 7 heteroatoms. The molecule has 0 radical (unpaired) electrons. The zero-order valence-corrected chi connectivity index (χ0v) is 15.6. The fraction of sp³-hybridized carbons (Fsp3) is 0.300. The molecule has 0 fully saturated rings. The number of amides is 1. The van der Waals surface area contributed by atoms with E-state index in [-0.39, 0.29) is 12.7 Å². The van der Waals surface area contributed by atoms with Crippen LogP contribution in [0.4, 0.5) is 0 Å². The van der Waals surface area contributed by atoms with Gasteiger partial charge in [0, 0.05) is 6.20 Å². The lowest BCUT2D eigenvalue weighted by atomic mass is 10.0. The zero-order chi connectivity index (χ0) is 19.0. The van der Waals surface area contributed by atoms with Crippen LogP contribution in [0.3, 0.4) is 0 Å². The van der Waals surface area contributed by atoms with Crippen LogP contribution in [0.5, 0.6) is 11.5 Å². The van der Waals surface area contributed by atoms with Crippen molar-refractivity contribution < 1.29 is 14.3 Å². The maximum absolute atomic E-state index is 12.9. The Morgan fingerprint density at radius 1 is 1.30 bits per heavy atom. The molecule has 1 amide bonds. The molecule has 27 heavy (non-hydrogen) atoms. The molecule has 1 aliphatic heterocycles. The van der Waals surface area contributed by atoms with Gasteiger partial charge in [0.25, 0.3) is 0 Å². The first-order chi connectivity index (χ1) is 13.0. The van der Waals surface area contributed by atoms with E-state index in [0.29, 0.717) is 18.0 Å². The molecule has 1 atom stereocenters. The number of ether oxygens (including phenoxy) is 2. The number of carbonyl (C=O) groups is 1. The summed E-state index contributed by atoms with van der Waals surface area (Å²) in [6.45, 7) is 2.63. The number of imidazole rings is 1. The van der Waals surface area contributed by atoms with E-state index in [9.17, 15) is 4.79 Å². The van der Waals surface area contributed by atoms with Crippen molar-refractivity contribution in [1.29, 1.82) is 0 Å². The number of carbonyl (C=O) groups excluding carboxylic acids is 1. The van der Waals surface area contributed by atoms with Gasteiger partial charge in [-0.2, -0.15) is 0 Å². The van der Waals surface area contributed by atoms with E-state index in [1.54, 1.807) is 6.20 Å². The fourth-order valence-corrected chi connectivity index (χ4v) is 3.37. The second kappa shape index (κ2) is 6.92. The molecule has 4 rings (SSSR count). The monoisotopic (exact) mass is 366 g/mol. The predicted octanol–water partition coefficient (Wildman–Crippen LogP) is 2.29. The lowest BCUT2D eigenvalue weighted by Gasteiger charge is -2.24. The molecule has 1 aromatic carbocycles. The molecular weight excluding hydrogens is 344 g/mol. The van der Waals surface area contributed by atoms with Crippen LogP contribution in [0, 0.1) is 6.92 Å². The van der Waals surface area contributed by atoms with Gasteiger partial charge in [-0.3, -0.25) is 9.69 Å². The molecule has 3 heterocycles. The molecular formula is C20H22N4O3. The number of pyridine rings is 1. The van der Waals surface area contributed by atoms with E-state index in [4.69, 9.17) is 9.47 Å². The molecule has 0 aliphatic carbocycles. The van der Waals surface area contributed by atoms with Crippen LogP contribution in [0.2, 0.25) is 0 Å². The molecule has 1 N–H and O–H groups in total. The van der Waals surface area contributed by atoms with Gasteiger partial charge >= 0.3 is 0 Å². The van der Waals surface area contributed by atoms with Crippen LogP contribution in [-0.4, -0.2) is 41.1 Å². The third kappa shape index (κ3) is 3.21. The van der Waals surface area contributed by atoms with E-state index >= 15 is 0 Å². The van der Waals surface area contributed by atoms with Crippen molar-refractivity contribution in [3.05, 3.63) is 59.5 Å². The number of hydrogen-bond acceptors (Lipinski definition) is 5.